The number of hydrogen-bond donors (Lipinski definition) is 2. The van der Waals surface area contributed by atoms with Gasteiger partial charge in [0.25, 0.3) is 0 Å². The lowest BCUT2D eigenvalue weighted by Gasteiger charge is -2.14. The van der Waals surface area contributed by atoms with Gasteiger partial charge in [-0.15, -0.1) is 5.10 Å². The summed E-state index contributed by atoms with van der Waals surface area (Å²) in [6.07, 6.45) is 9.89. The van der Waals surface area contributed by atoms with Gasteiger partial charge in [-0.05, 0) is 30.5 Å². The Labute approximate surface area is 117 Å². The highest BCUT2D eigenvalue weighted by Crippen LogP contribution is 2.23. The maximum Gasteiger partial charge on any atom is 0.154 e. The number of rotatable bonds is 5. The van der Waals surface area contributed by atoms with Crippen LogP contribution in [0.5, 0.6) is 0 Å². The molecular weight excluding hydrogens is 252 g/mol. The Balaban J connectivity index is 1.95. The van der Waals surface area contributed by atoms with Crippen LogP contribution >= 0.6 is 0 Å². The topological polar surface area (TPSA) is 62.5 Å². The average molecular weight is 270 g/mol. The third-order valence-electron chi connectivity index (χ3n) is 3.53. The number of aliphatic hydroxyl groups is 1. The Kier molecular flexibility index (Phi) is 3.52. The molecule has 1 aliphatic carbocycles. The summed E-state index contributed by atoms with van der Waals surface area (Å²) < 4.78 is 1.85. The van der Waals surface area contributed by atoms with E-state index >= 15 is 0 Å². The zero-order chi connectivity index (χ0) is 13.9. The molecule has 0 aliphatic heterocycles. The second kappa shape index (κ2) is 5.46. The van der Waals surface area contributed by atoms with Gasteiger partial charge in [0.1, 0.15) is 5.82 Å². The van der Waals surface area contributed by atoms with Gasteiger partial charge in [-0.2, -0.15) is 0 Å². The first-order valence-electron chi connectivity index (χ1n) is 6.90. The standard InChI is InChI=1S/C15H18N4O/c1-2-12(10-20)17-14-7-8-15-16-9-13(19(15)18-14)11-5-3-4-6-11/h3-5,7-9,12,20H,2,6,10H2,1H3,(H,17,18). The molecule has 5 heteroatoms. The van der Waals surface area contributed by atoms with Gasteiger partial charge < -0.3 is 10.4 Å². The van der Waals surface area contributed by atoms with Gasteiger partial charge in [0.05, 0.1) is 24.5 Å². The molecule has 20 heavy (non-hydrogen) atoms. The van der Waals surface area contributed by atoms with Crippen molar-refractivity contribution in [1.82, 2.24) is 14.6 Å². The van der Waals surface area contributed by atoms with Gasteiger partial charge in [0, 0.05) is 0 Å². The van der Waals surface area contributed by atoms with E-state index in [2.05, 4.69) is 33.6 Å². The molecule has 0 saturated heterocycles. The number of aromatic nitrogens is 3. The first-order valence-corrected chi connectivity index (χ1v) is 6.90. The number of nitrogens with one attached hydrogen (secondary N) is 1. The van der Waals surface area contributed by atoms with Crippen LogP contribution in [0.25, 0.3) is 11.2 Å². The molecule has 0 radical (unpaired) electrons. The third kappa shape index (κ3) is 2.32. The first kappa shape index (κ1) is 12.9. The van der Waals surface area contributed by atoms with E-state index in [1.54, 1.807) is 0 Å². The predicted octanol–water partition coefficient (Wildman–Crippen LogP) is 2.26. The van der Waals surface area contributed by atoms with Gasteiger partial charge in [0.15, 0.2) is 5.65 Å². The molecule has 0 fully saturated rings. The minimum Gasteiger partial charge on any atom is -0.394 e. The fourth-order valence-corrected chi connectivity index (χ4v) is 2.29. The highest BCUT2D eigenvalue weighted by atomic mass is 16.3. The van der Waals surface area contributed by atoms with E-state index in [-0.39, 0.29) is 12.6 Å². The maximum atomic E-state index is 9.26. The molecule has 104 valence electrons. The second-order valence-corrected chi connectivity index (χ2v) is 4.89. The summed E-state index contributed by atoms with van der Waals surface area (Å²) in [6, 6.07) is 3.86. The molecule has 3 rings (SSSR count). The van der Waals surface area contributed by atoms with E-state index < -0.39 is 0 Å². The summed E-state index contributed by atoms with van der Waals surface area (Å²) in [6.45, 7) is 2.13. The molecule has 1 unspecified atom stereocenters. The van der Waals surface area contributed by atoms with Crippen LogP contribution in [-0.2, 0) is 0 Å². The van der Waals surface area contributed by atoms with E-state index in [9.17, 15) is 5.11 Å². The summed E-state index contributed by atoms with van der Waals surface area (Å²) in [5.41, 5.74) is 3.07. The number of anilines is 1. The van der Waals surface area contributed by atoms with Gasteiger partial charge >= 0.3 is 0 Å². The van der Waals surface area contributed by atoms with Crippen LogP contribution in [0, 0.1) is 0 Å². The van der Waals surface area contributed by atoms with Crippen LogP contribution in [0.3, 0.4) is 0 Å². The van der Waals surface area contributed by atoms with Crippen LogP contribution < -0.4 is 5.32 Å². The van der Waals surface area contributed by atoms with Gasteiger partial charge in [0.2, 0.25) is 0 Å². The van der Waals surface area contributed by atoms with Crippen molar-refractivity contribution in [3.05, 3.63) is 42.3 Å². The molecule has 2 N–H and O–H groups in total. The van der Waals surface area contributed by atoms with E-state index in [1.807, 2.05) is 29.8 Å². The molecule has 0 amide bonds. The zero-order valence-electron chi connectivity index (χ0n) is 11.5. The minimum atomic E-state index is 0.0271. The van der Waals surface area contributed by atoms with Crippen LogP contribution in [0.2, 0.25) is 0 Å². The monoisotopic (exact) mass is 270 g/mol. The molecular formula is C15H18N4O. The van der Waals surface area contributed by atoms with Crippen LogP contribution in [0.4, 0.5) is 5.82 Å². The van der Waals surface area contributed by atoms with Crippen LogP contribution in [0.15, 0.2) is 36.6 Å². The summed E-state index contributed by atoms with van der Waals surface area (Å²) in [7, 11) is 0. The Hall–Kier alpha value is -2.14. The van der Waals surface area contributed by atoms with E-state index in [0.717, 1.165) is 30.0 Å². The predicted molar refractivity (Wildman–Crippen MR) is 79.5 cm³/mol. The summed E-state index contributed by atoms with van der Waals surface area (Å²) in [5.74, 6) is 0.754. The number of fused-ring (bicyclic) bond motifs is 1. The lowest BCUT2D eigenvalue weighted by molar-refractivity contribution is 0.271. The largest absolute Gasteiger partial charge is 0.394 e. The van der Waals surface area contributed by atoms with Crippen molar-refractivity contribution >= 4 is 17.0 Å². The first-order chi connectivity index (χ1) is 9.81. The van der Waals surface area contributed by atoms with E-state index in [1.165, 1.54) is 5.57 Å². The molecule has 0 saturated carbocycles. The number of hydrogen-bond acceptors (Lipinski definition) is 4. The molecule has 0 spiro atoms. The molecule has 5 nitrogen and oxygen atoms in total. The van der Waals surface area contributed by atoms with Crippen LogP contribution in [0.1, 0.15) is 25.5 Å². The molecule has 2 aromatic heterocycles. The van der Waals surface area contributed by atoms with Crippen molar-refractivity contribution < 1.29 is 5.11 Å². The SMILES string of the molecule is CCC(CO)Nc1ccc2ncc(C3=CC=CC3)n2n1. The lowest BCUT2D eigenvalue weighted by atomic mass is 10.2. The van der Waals surface area contributed by atoms with Crippen LogP contribution in [-0.4, -0.2) is 32.4 Å². The smallest absolute Gasteiger partial charge is 0.154 e. The Morgan fingerprint density at radius 1 is 1.45 bits per heavy atom. The zero-order valence-corrected chi connectivity index (χ0v) is 11.5. The van der Waals surface area contributed by atoms with E-state index in [4.69, 9.17) is 0 Å². The number of nitrogens with zero attached hydrogens (tertiary/aromatic N) is 3. The normalized spacial score (nSPS) is 15.6. The second-order valence-electron chi connectivity index (χ2n) is 4.89. The molecule has 0 aromatic carbocycles. The minimum absolute atomic E-state index is 0.0271. The van der Waals surface area contributed by atoms with Crippen molar-refractivity contribution in [3.63, 3.8) is 0 Å². The van der Waals surface area contributed by atoms with Gasteiger partial charge in [-0.1, -0.05) is 25.2 Å². The molecule has 0 bridgehead atoms. The molecule has 2 heterocycles. The highest BCUT2D eigenvalue weighted by molar-refractivity contribution is 5.70. The van der Waals surface area contributed by atoms with Crippen molar-refractivity contribution in [2.24, 2.45) is 0 Å². The maximum absolute atomic E-state index is 9.26. The number of imidazole rings is 1. The Morgan fingerprint density at radius 2 is 2.35 bits per heavy atom. The van der Waals surface area contributed by atoms with Crippen molar-refractivity contribution in [2.45, 2.75) is 25.8 Å². The van der Waals surface area contributed by atoms with Gasteiger partial charge in [-0.25, -0.2) is 9.50 Å². The Morgan fingerprint density at radius 3 is 3.05 bits per heavy atom. The van der Waals surface area contributed by atoms with E-state index in [0.29, 0.717) is 0 Å². The highest BCUT2D eigenvalue weighted by Gasteiger charge is 2.12. The lowest BCUT2D eigenvalue weighted by Crippen LogP contribution is -2.23. The van der Waals surface area contributed by atoms with Crippen molar-refractivity contribution in [3.8, 4) is 0 Å². The molecule has 1 atom stereocenters. The van der Waals surface area contributed by atoms with Gasteiger partial charge in [-0.3, -0.25) is 0 Å². The molecule has 2 aromatic rings. The quantitative estimate of drug-likeness (QED) is 0.874. The average Bonchev–Trinajstić information content (AvgIpc) is 3.12. The number of allylic oxidation sites excluding steroid dienone is 4. The summed E-state index contributed by atoms with van der Waals surface area (Å²) in [4.78, 5) is 4.38. The fraction of sp³-hybridized carbons (Fsp3) is 0.333. The number of aliphatic hydroxyl groups excluding tert-OH is 1. The fourth-order valence-electron chi connectivity index (χ4n) is 2.29. The third-order valence-corrected chi connectivity index (χ3v) is 3.53. The summed E-state index contributed by atoms with van der Waals surface area (Å²) in [5, 5.41) is 17.1. The van der Waals surface area contributed by atoms with Crippen molar-refractivity contribution in [1.29, 1.82) is 0 Å². The molecule has 1 aliphatic rings. The van der Waals surface area contributed by atoms with Crippen molar-refractivity contribution in [2.75, 3.05) is 11.9 Å². The Bertz CT molecular complexity index is 668. The summed E-state index contributed by atoms with van der Waals surface area (Å²) >= 11 is 0.